The van der Waals surface area contributed by atoms with Gasteiger partial charge in [-0.3, -0.25) is 0 Å². The van der Waals surface area contributed by atoms with E-state index < -0.39 is 6.10 Å². The van der Waals surface area contributed by atoms with Gasteiger partial charge in [0, 0.05) is 13.6 Å². The molecular weight excluding hydrogens is 435 g/mol. The van der Waals surface area contributed by atoms with Crippen LogP contribution in [0, 0.1) is 3.57 Å². The number of hydrogen-bond acceptors (Lipinski definition) is 3. The largest absolute Gasteiger partial charge is 0.493 e. The maximum Gasteiger partial charge on any atom is 0.161 e. The Morgan fingerprint density at radius 3 is 2.40 bits per heavy atom. The summed E-state index contributed by atoms with van der Waals surface area (Å²) >= 11 is 5.70. The van der Waals surface area contributed by atoms with E-state index >= 15 is 0 Å². The highest BCUT2D eigenvalue weighted by Crippen LogP contribution is 2.34. The van der Waals surface area contributed by atoms with E-state index in [1.807, 2.05) is 24.3 Å². The van der Waals surface area contributed by atoms with Crippen LogP contribution < -0.4 is 9.47 Å². The van der Waals surface area contributed by atoms with Crippen LogP contribution in [-0.2, 0) is 0 Å². The highest BCUT2D eigenvalue weighted by atomic mass is 127. The van der Waals surface area contributed by atoms with E-state index in [-0.39, 0.29) is 0 Å². The van der Waals surface area contributed by atoms with Gasteiger partial charge in [-0.25, -0.2) is 0 Å². The van der Waals surface area contributed by atoms with Crippen LogP contribution in [-0.4, -0.2) is 19.3 Å². The second kappa shape index (κ2) is 6.78. The molecule has 106 valence electrons. The van der Waals surface area contributed by atoms with Crippen molar-refractivity contribution in [3.8, 4) is 11.5 Å². The third-order valence-electron chi connectivity index (χ3n) is 2.98. The number of aliphatic hydroxyl groups is 1. The highest BCUT2D eigenvalue weighted by molar-refractivity contribution is 14.1. The molecule has 0 aliphatic heterocycles. The predicted octanol–water partition coefficient (Wildman–Crippen LogP) is 4.15. The molecule has 0 bridgehead atoms. The summed E-state index contributed by atoms with van der Waals surface area (Å²) in [7, 11) is 3.17. The predicted molar refractivity (Wildman–Crippen MR) is 90.5 cm³/mol. The minimum atomic E-state index is -0.723. The fraction of sp³-hybridized carbons (Fsp3) is 0.200. The van der Waals surface area contributed by atoms with Gasteiger partial charge in [0.15, 0.2) is 11.5 Å². The summed E-state index contributed by atoms with van der Waals surface area (Å²) in [4.78, 5) is 0. The maximum atomic E-state index is 10.6. The molecule has 0 aliphatic rings. The smallest absolute Gasteiger partial charge is 0.161 e. The summed E-state index contributed by atoms with van der Waals surface area (Å²) in [6.07, 6.45) is -0.723. The molecule has 3 nitrogen and oxygen atoms in total. The Bertz CT molecular complexity index is 616. The Morgan fingerprint density at radius 1 is 1.05 bits per heavy atom. The first-order valence-electron chi connectivity index (χ1n) is 5.91. The van der Waals surface area contributed by atoms with E-state index in [0.717, 1.165) is 19.2 Å². The van der Waals surface area contributed by atoms with Gasteiger partial charge in [-0.1, -0.05) is 22.0 Å². The maximum absolute atomic E-state index is 10.6. The van der Waals surface area contributed by atoms with Gasteiger partial charge in [0.2, 0.25) is 0 Å². The van der Waals surface area contributed by atoms with Crippen molar-refractivity contribution in [2.75, 3.05) is 14.2 Å². The minimum absolute atomic E-state index is 0.603. The number of rotatable bonds is 4. The first-order valence-corrected chi connectivity index (χ1v) is 7.79. The third-order valence-corrected chi connectivity index (χ3v) is 4.37. The number of aliphatic hydroxyl groups excluding tert-OH is 1. The molecule has 1 atom stereocenters. The van der Waals surface area contributed by atoms with E-state index in [1.54, 1.807) is 26.4 Å². The van der Waals surface area contributed by atoms with Gasteiger partial charge in [0.25, 0.3) is 0 Å². The molecule has 0 radical (unpaired) electrons. The van der Waals surface area contributed by atoms with Crippen LogP contribution in [0.4, 0.5) is 0 Å². The second-order valence-corrected chi connectivity index (χ2v) is 6.28. The molecule has 2 aromatic carbocycles. The molecule has 1 unspecified atom stereocenters. The van der Waals surface area contributed by atoms with E-state index in [2.05, 4.69) is 38.5 Å². The monoisotopic (exact) mass is 448 g/mol. The van der Waals surface area contributed by atoms with Gasteiger partial charge in [-0.2, -0.15) is 0 Å². The van der Waals surface area contributed by atoms with E-state index in [1.165, 1.54) is 0 Å². The van der Waals surface area contributed by atoms with E-state index in [0.29, 0.717) is 11.5 Å². The summed E-state index contributed by atoms with van der Waals surface area (Å²) in [5.74, 6) is 1.25. The van der Waals surface area contributed by atoms with E-state index in [4.69, 9.17) is 9.47 Å². The molecule has 1 N–H and O–H groups in total. The van der Waals surface area contributed by atoms with Gasteiger partial charge in [-0.15, -0.1) is 0 Å². The van der Waals surface area contributed by atoms with Crippen molar-refractivity contribution in [3.63, 3.8) is 0 Å². The molecule has 0 spiro atoms. The third kappa shape index (κ3) is 3.27. The molecule has 5 heteroatoms. The Hall–Kier alpha value is -0.790. The van der Waals surface area contributed by atoms with Crippen molar-refractivity contribution in [2.24, 2.45) is 0 Å². The summed E-state index contributed by atoms with van der Waals surface area (Å²) in [6, 6.07) is 11.3. The second-order valence-electron chi connectivity index (χ2n) is 4.18. The van der Waals surface area contributed by atoms with Crippen LogP contribution in [0.1, 0.15) is 17.2 Å². The molecule has 0 heterocycles. The van der Waals surface area contributed by atoms with Crippen LogP contribution in [0.25, 0.3) is 0 Å². The molecule has 0 saturated carbocycles. The average molecular weight is 449 g/mol. The zero-order valence-corrected chi connectivity index (χ0v) is 14.8. The lowest BCUT2D eigenvalue weighted by Gasteiger charge is -2.16. The van der Waals surface area contributed by atoms with Crippen LogP contribution >= 0.6 is 38.5 Å². The molecule has 0 fully saturated rings. The lowest BCUT2D eigenvalue weighted by molar-refractivity contribution is 0.218. The van der Waals surface area contributed by atoms with Crippen LogP contribution in [0.5, 0.6) is 11.5 Å². The number of halogens is 2. The lowest BCUT2D eigenvalue weighted by Crippen LogP contribution is -2.02. The topological polar surface area (TPSA) is 38.7 Å². The summed E-state index contributed by atoms with van der Waals surface area (Å²) in [6.45, 7) is 0. The Balaban J connectivity index is 2.42. The Morgan fingerprint density at radius 2 is 1.75 bits per heavy atom. The number of methoxy groups -OCH3 is 2. The molecule has 2 rings (SSSR count). The quantitative estimate of drug-likeness (QED) is 0.714. The van der Waals surface area contributed by atoms with Crippen molar-refractivity contribution in [2.45, 2.75) is 6.10 Å². The molecule has 0 saturated heterocycles. The van der Waals surface area contributed by atoms with Gasteiger partial charge in [0.05, 0.1) is 14.2 Å². The number of ether oxygens (including phenoxy) is 2. The summed E-state index contributed by atoms with van der Waals surface area (Å²) < 4.78 is 12.4. The van der Waals surface area contributed by atoms with Gasteiger partial charge in [0.1, 0.15) is 6.10 Å². The van der Waals surface area contributed by atoms with Gasteiger partial charge < -0.3 is 14.6 Å². The summed E-state index contributed by atoms with van der Waals surface area (Å²) in [5.41, 5.74) is 1.58. The van der Waals surface area contributed by atoms with Gasteiger partial charge >= 0.3 is 0 Å². The Labute approximate surface area is 140 Å². The number of benzene rings is 2. The first kappa shape index (κ1) is 15.6. The zero-order chi connectivity index (χ0) is 14.7. The van der Waals surface area contributed by atoms with Crippen molar-refractivity contribution < 1.29 is 14.6 Å². The van der Waals surface area contributed by atoms with E-state index in [9.17, 15) is 5.11 Å². The molecule has 0 aliphatic carbocycles. The van der Waals surface area contributed by atoms with Gasteiger partial charge in [-0.05, 0) is 58.5 Å². The molecule has 20 heavy (non-hydrogen) atoms. The summed E-state index contributed by atoms with van der Waals surface area (Å²) in [5, 5.41) is 10.6. The zero-order valence-electron chi connectivity index (χ0n) is 11.1. The molecule has 2 aromatic rings. The first-order chi connectivity index (χ1) is 9.56. The lowest BCUT2D eigenvalue weighted by atomic mass is 10.0. The van der Waals surface area contributed by atoms with Crippen LogP contribution in [0.2, 0.25) is 0 Å². The van der Waals surface area contributed by atoms with Crippen LogP contribution in [0.3, 0.4) is 0 Å². The molecule has 0 amide bonds. The van der Waals surface area contributed by atoms with Crippen molar-refractivity contribution in [1.82, 2.24) is 0 Å². The highest BCUT2D eigenvalue weighted by Gasteiger charge is 2.16. The van der Waals surface area contributed by atoms with Crippen molar-refractivity contribution >= 4 is 38.5 Å². The Kier molecular flexibility index (Phi) is 5.29. The fourth-order valence-corrected chi connectivity index (χ4v) is 2.91. The molecular formula is C15H14BrIO3. The fourth-order valence-electron chi connectivity index (χ4n) is 1.93. The minimum Gasteiger partial charge on any atom is -0.493 e. The van der Waals surface area contributed by atoms with Crippen molar-refractivity contribution in [1.29, 1.82) is 0 Å². The van der Waals surface area contributed by atoms with Crippen molar-refractivity contribution in [3.05, 3.63) is 55.6 Å². The molecule has 0 aromatic heterocycles. The normalized spacial score (nSPS) is 12.1. The SMILES string of the molecule is COc1ccc(C(O)c2cc(I)ccc2Br)cc1OC. The average Bonchev–Trinajstić information content (AvgIpc) is 2.48. The standard InChI is InChI=1S/C15H14BrIO3/c1-19-13-6-3-9(7-14(13)20-2)15(18)11-8-10(17)4-5-12(11)16/h3-8,15,18H,1-2H3. The van der Waals surface area contributed by atoms with Crippen LogP contribution in [0.15, 0.2) is 40.9 Å². The number of hydrogen-bond donors (Lipinski definition) is 1.